The van der Waals surface area contributed by atoms with Crippen LogP contribution in [-0.4, -0.2) is 9.97 Å². The fourth-order valence-electron chi connectivity index (χ4n) is 9.21. The van der Waals surface area contributed by atoms with Crippen LogP contribution in [0.4, 0.5) is 0 Å². The maximum Gasteiger partial charge on any atom is 0.161 e. The van der Waals surface area contributed by atoms with Crippen molar-refractivity contribution >= 4 is 32.3 Å². The molecule has 2 heteroatoms. The summed E-state index contributed by atoms with van der Waals surface area (Å²) in [4.78, 5) is 10.6. The number of hydrogen-bond acceptors (Lipinski definition) is 2. The Morgan fingerprint density at radius 1 is 0.351 bits per heavy atom. The normalized spacial score (nSPS) is 13.2. The molecular formula is C55H38N2. The van der Waals surface area contributed by atoms with Crippen LogP contribution >= 0.6 is 0 Å². The highest BCUT2D eigenvalue weighted by Gasteiger charge is 2.28. The van der Waals surface area contributed by atoms with E-state index in [1.165, 1.54) is 71.3 Å². The lowest BCUT2D eigenvalue weighted by Crippen LogP contribution is -1.99. The van der Waals surface area contributed by atoms with E-state index in [0.29, 0.717) is 5.92 Å². The summed E-state index contributed by atoms with van der Waals surface area (Å²) in [6, 6.07) is 72.5. The van der Waals surface area contributed by atoms with Gasteiger partial charge in [-0.2, -0.15) is 0 Å². The van der Waals surface area contributed by atoms with Gasteiger partial charge < -0.3 is 0 Å². The van der Waals surface area contributed by atoms with Gasteiger partial charge in [0.1, 0.15) is 0 Å². The van der Waals surface area contributed by atoms with Crippen LogP contribution in [0, 0.1) is 0 Å². The molecule has 1 aliphatic carbocycles. The highest BCUT2D eigenvalue weighted by molar-refractivity contribution is 6.28. The van der Waals surface area contributed by atoms with Crippen molar-refractivity contribution in [2.24, 2.45) is 0 Å². The average Bonchev–Trinajstić information content (AvgIpc) is 3.61. The first-order valence-electron chi connectivity index (χ1n) is 19.9. The van der Waals surface area contributed by atoms with Crippen LogP contribution in [0.3, 0.4) is 0 Å². The molecule has 57 heavy (non-hydrogen) atoms. The van der Waals surface area contributed by atoms with Crippen molar-refractivity contribution in [3.05, 3.63) is 217 Å². The van der Waals surface area contributed by atoms with E-state index in [1.54, 1.807) is 0 Å². The molecule has 1 heterocycles. The van der Waals surface area contributed by atoms with Gasteiger partial charge >= 0.3 is 0 Å². The second-order valence-electron chi connectivity index (χ2n) is 15.2. The number of rotatable bonds is 7. The predicted molar refractivity (Wildman–Crippen MR) is 238 cm³/mol. The lowest BCUT2D eigenvalue weighted by molar-refractivity contribution is 0.730. The second kappa shape index (κ2) is 13.8. The fraction of sp³-hybridized carbons (Fsp3) is 0.0545. The second-order valence-corrected chi connectivity index (χ2v) is 15.2. The van der Waals surface area contributed by atoms with Crippen molar-refractivity contribution in [2.75, 3.05) is 0 Å². The minimum absolute atomic E-state index is 0.348. The molecule has 0 radical (unpaired) electrons. The summed E-state index contributed by atoms with van der Waals surface area (Å²) in [6.45, 7) is 0. The quantitative estimate of drug-likeness (QED) is 0.153. The summed E-state index contributed by atoms with van der Waals surface area (Å²) in [5.74, 6) is 1.07. The molecule has 0 bridgehead atoms. The minimum Gasteiger partial charge on any atom is -0.228 e. The number of benzene rings is 9. The minimum atomic E-state index is 0.348. The molecule has 0 saturated heterocycles. The van der Waals surface area contributed by atoms with E-state index >= 15 is 0 Å². The average molecular weight is 727 g/mol. The van der Waals surface area contributed by atoms with Gasteiger partial charge in [-0.3, -0.25) is 0 Å². The molecule has 1 aromatic heterocycles. The van der Waals surface area contributed by atoms with Crippen molar-refractivity contribution in [3.63, 3.8) is 0 Å². The summed E-state index contributed by atoms with van der Waals surface area (Å²) >= 11 is 0. The Hall–Kier alpha value is -7.16. The van der Waals surface area contributed by atoms with Crippen molar-refractivity contribution in [3.8, 4) is 56.2 Å². The van der Waals surface area contributed by atoms with E-state index < -0.39 is 0 Å². The number of aryl methyl sites for hydroxylation is 1. The third kappa shape index (κ3) is 5.81. The third-order valence-corrected chi connectivity index (χ3v) is 11.9. The lowest BCUT2D eigenvalue weighted by atomic mass is 9.87. The zero-order valence-corrected chi connectivity index (χ0v) is 31.4. The Balaban J connectivity index is 1.11. The highest BCUT2D eigenvalue weighted by Crippen LogP contribution is 2.49. The van der Waals surface area contributed by atoms with E-state index in [1.807, 2.05) is 12.1 Å². The molecule has 0 spiro atoms. The first-order valence-corrected chi connectivity index (χ1v) is 19.9. The van der Waals surface area contributed by atoms with E-state index in [4.69, 9.17) is 9.97 Å². The SMILES string of the molecule is c1ccc(CCC2c3ccccc3-c3ccc(-c4ccc5c6ccccc6c6cccc(-c7nc(-c8ccccc8)cc(-c8ccccc8)n7)c6c5c4)cc32)cc1. The van der Waals surface area contributed by atoms with Gasteiger partial charge in [0.15, 0.2) is 5.82 Å². The molecule has 0 aliphatic heterocycles. The van der Waals surface area contributed by atoms with E-state index in [-0.39, 0.29) is 0 Å². The lowest BCUT2D eigenvalue weighted by Gasteiger charge is -2.17. The maximum atomic E-state index is 5.31. The van der Waals surface area contributed by atoms with Crippen LogP contribution in [0.1, 0.15) is 29.0 Å². The maximum absolute atomic E-state index is 5.31. The molecule has 268 valence electrons. The van der Waals surface area contributed by atoms with Gasteiger partial charge in [-0.05, 0) is 96.9 Å². The summed E-state index contributed by atoms with van der Waals surface area (Å²) in [5, 5.41) is 7.29. The first kappa shape index (κ1) is 33.2. The standard InChI is InChI=1S/C55H38N2/c1-4-15-36(16-5-1)27-30-45-41-21-10-11-22-42(41)46-31-28-39(33-50(45)46)40-29-32-47-43-23-12-13-24-44(43)48-25-14-26-49(54(48)51(47)34-40)55-56-52(37-17-6-2-7-18-37)35-53(57-55)38-19-8-3-9-20-38/h1-26,28-29,31-35,45H,27,30H2. The van der Waals surface area contributed by atoms with Crippen LogP contribution < -0.4 is 0 Å². The monoisotopic (exact) mass is 726 g/mol. The smallest absolute Gasteiger partial charge is 0.161 e. The van der Waals surface area contributed by atoms with E-state index in [0.717, 1.165) is 46.7 Å². The van der Waals surface area contributed by atoms with Crippen LogP contribution in [0.15, 0.2) is 200 Å². The van der Waals surface area contributed by atoms with Crippen LogP contribution in [0.25, 0.3) is 88.5 Å². The fourth-order valence-corrected chi connectivity index (χ4v) is 9.21. The van der Waals surface area contributed by atoms with E-state index in [2.05, 4.69) is 188 Å². The molecule has 2 nitrogen and oxygen atoms in total. The van der Waals surface area contributed by atoms with Gasteiger partial charge in [-0.1, -0.05) is 182 Å². The Kier molecular flexibility index (Phi) is 8.07. The van der Waals surface area contributed by atoms with Gasteiger partial charge in [-0.25, -0.2) is 9.97 Å². The number of fused-ring (bicyclic) bond motifs is 9. The third-order valence-electron chi connectivity index (χ3n) is 11.9. The van der Waals surface area contributed by atoms with Gasteiger partial charge in [0, 0.05) is 28.0 Å². The Labute approximate surface area is 332 Å². The zero-order valence-electron chi connectivity index (χ0n) is 31.4. The van der Waals surface area contributed by atoms with Gasteiger partial charge in [0.25, 0.3) is 0 Å². The highest BCUT2D eigenvalue weighted by atomic mass is 14.9. The summed E-state index contributed by atoms with van der Waals surface area (Å²) in [6.07, 6.45) is 2.11. The first-order chi connectivity index (χ1) is 28.3. The number of nitrogens with zero attached hydrogens (tertiary/aromatic N) is 2. The zero-order chi connectivity index (χ0) is 37.7. The van der Waals surface area contributed by atoms with Crippen molar-refractivity contribution in [1.82, 2.24) is 9.97 Å². The Morgan fingerprint density at radius 2 is 0.895 bits per heavy atom. The largest absolute Gasteiger partial charge is 0.228 e. The predicted octanol–water partition coefficient (Wildman–Crippen LogP) is 14.3. The summed E-state index contributed by atoms with van der Waals surface area (Å²) in [5.41, 5.74) is 14.4. The van der Waals surface area contributed by atoms with Gasteiger partial charge in [-0.15, -0.1) is 0 Å². The van der Waals surface area contributed by atoms with Crippen LogP contribution in [0.2, 0.25) is 0 Å². The van der Waals surface area contributed by atoms with Crippen LogP contribution in [-0.2, 0) is 6.42 Å². The molecule has 10 aromatic rings. The molecule has 0 saturated carbocycles. The molecular weight excluding hydrogens is 689 g/mol. The molecule has 1 aliphatic rings. The molecule has 0 fully saturated rings. The van der Waals surface area contributed by atoms with Crippen molar-refractivity contribution in [1.29, 1.82) is 0 Å². The molecule has 1 atom stereocenters. The van der Waals surface area contributed by atoms with Gasteiger partial charge in [0.05, 0.1) is 11.4 Å². The Morgan fingerprint density at radius 3 is 1.63 bits per heavy atom. The summed E-state index contributed by atoms with van der Waals surface area (Å²) in [7, 11) is 0. The van der Waals surface area contributed by atoms with Crippen LogP contribution in [0.5, 0.6) is 0 Å². The summed E-state index contributed by atoms with van der Waals surface area (Å²) < 4.78 is 0. The number of aromatic nitrogens is 2. The van der Waals surface area contributed by atoms with E-state index in [9.17, 15) is 0 Å². The molecule has 9 aromatic carbocycles. The molecule has 0 N–H and O–H groups in total. The molecule has 0 amide bonds. The van der Waals surface area contributed by atoms with Gasteiger partial charge in [0.2, 0.25) is 0 Å². The Bertz CT molecular complexity index is 3060. The van der Waals surface area contributed by atoms with Crippen molar-refractivity contribution in [2.45, 2.75) is 18.8 Å². The topological polar surface area (TPSA) is 25.8 Å². The number of hydrogen-bond donors (Lipinski definition) is 0. The molecule has 1 unspecified atom stereocenters. The molecule has 11 rings (SSSR count). The van der Waals surface area contributed by atoms with Crippen molar-refractivity contribution < 1.29 is 0 Å².